The molecule has 0 unspecified atom stereocenters. The highest BCUT2D eigenvalue weighted by atomic mass is 19.3. The van der Waals surface area contributed by atoms with Gasteiger partial charge in [0.15, 0.2) is 12.5 Å². The molecule has 0 aromatic carbocycles. The molecule has 0 saturated carbocycles. The first-order chi connectivity index (χ1) is 4.84. The van der Waals surface area contributed by atoms with E-state index >= 15 is 0 Å². The summed E-state index contributed by atoms with van der Waals surface area (Å²) in [5.74, 6) is -10.8. The van der Waals surface area contributed by atoms with Crippen molar-refractivity contribution in [3.8, 4) is 0 Å². The topological polar surface area (TPSA) is 0 Å². The fourth-order valence-electron chi connectivity index (χ4n) is 0.666. The van der Waals surface area contributed by atoms with Gasteiger partial charge < -0.3 is 0 Å². The van der Waals surface area contributed by atoms with Crippen LogP contribution in [0.1, 0.15) is 0 Å². The van der Waals surface area contributed by atoms with E-state index in [2.05, 4.69) is 0 Å². The fraction of sp³-hybridized carbons (Fsp3) is 0.600. The molecule has 64 valence electrons. The second-order valence-corrected chi connectivity index (χ2v) is 2.10. The molecule has 1 rings (SSSR count). The van der Waals surface area contributed by atoms with E-state index in [0.29, 0.717) is 0 Å². The Morgan fingerprint density at radius 1 is 1.27 bits per heavy atom. The van der Waals surface area contributed by atoms with Crippen LogP contribution in [0.15, 0.2) is 11.4 Å². The summed E-state index contributed by atoms with van der Waals surface area (Å²) < 4.78 is 70.4. The lowest BCUT2D eigenvalue weighted by Gasteiger charge is -2.06. The van der Waals surface area contributed by atoms with Crippen LogP contribution in [0.5, 0.6) is 0 Å². The normalized spacial score (nSPS) is 22.4. The van der Waals surface area contributed by atoms with Crippen LogP contribution in [0.2, 0.25) is 0 Å². The summed E-state index contributed by atoms with van der Waals surface area (Å²) in [5, 5.41) is 0. The van der Waals surface area contributed by atoms with Gasteiger partial charge >= 0.3 is 11.8 Å². The molecule has 0 radical (unpaired) electrons. The van der Waals surface area contributed by atoms with Gasteiger partial charge in [0.1, 0.15) is 5.57 Å². The van der Waals surface area contributed by atoms with Crippen LogP contribution in [0, 0.1) is 0 Å². The van der Waals surface area contributed by atoms with Gasteiger partial charge in [-0.05, 0) is 0 Å². The second kappa shape index (κ2) is 1.92. The molecule has 0 aromatic heterocycles. The van der Waals surface area contributed by atoms with E-state index in [1.54, 1.807) is 0 Å². The molecule has 1 aliphatic carbocycles. The van der Waals surface area contributed by atoms with Crippen LogP contribution in [0.25, 0.3) is 0 Å². The number of rotatable bonds is 2. The van der Waals surface area contributed by atoms with Gasteiger partial charge in [-0.3, -0.25) is 0 Å². The molecule has 0 aromatic rings. The first-order valence-electron chi connectivity index (χ1n) is 2.57. The first-order valence-corrected chi connectivity index (χ1v) is 2.57. The number of alkyl halides is 5. The molecule has 0 fully saturated rings. The maximum absolute atomic E-state index is 11.9. The predicted octanol–water partition coefficient (Wildman–Crippen LogP) is 2.46. The zero-order valence-corrected chi connectivity index (χ0v) is 4.97. The summed E-state index contributed by atoms with van der Waals surface area (Å²) in [7, 11) is 0. The molecule has 0 heterocycles. The smallest absolute Gasteiger partial charge is 0.244 e. The SMILES string of the molecule is FCC(F)(F)C1=C(F)C1(F)F. The molecule has 0 aliphatic heterocycles. The molecule has 0 N–H and O–H groups in total. The average Bonchev–Trinajstić information content (AvgIpc) is 2.34. The van der Waals surface area contributed by atoms with E-state index in [1.165, 1.54) is 0 Å². The minimum atomic E-state index is -4.35. The van der Waals surface area contributed by atoms with Gasteiger partial charge in [-0.15, -0.1) is 0 Å². The largest absolute Gasteiger partial charge is 0.329 e. The predicted molar refractivity (Wildman–Crippen MR) is 24.0 cm³/mol. The summed E-state index contributed by atoms with van der Waals surface area (Å²) in [5.41, 5.74) is -2.02. The van der Waals surface area contributed by atoms with E-state index < -0.39 is 29.9 Å². The number of halogens is 6. The Kier molecular flexibility index (Phi) is 1.47. The van der Waals surface area contributed by atoms with Gasteiger partial charge in [0.25, 0.3) is 0 Å². The number of hydrogen-bond donors (Lipinski definition) is 0. The molecule has 0 bridgehead atoms. The Bertz CT molecular complexity index is 215. The molecule has 11 heavy (non-hydrogen) atoms. The lowest BCUT2D eigenvalue weighted by atomic mass is 10.3. The highest BCUT2D eigenvalue weighted by Gasteiger charge is 2.68. The molecular formula is C5H2F6. The molecule has 0 atom stereocenters. The van der Waals surface area contributed by atoms with E-state index in [0.717, 1.165) is 0 Å². The molecule has 1 aliphatic rings. The average molecular weight is 176 g/mol. The van der Waals surface area contributed by atoms with Crippen molar-refractivity contribution in [1.82, 2.24) is 0 Å². The van der Waals surface area contributed by atoms with Gasteiger partial charge in [0, 0.05) is 0 Å². The Labute approximate surface area is 57.5 Å². The standard InChI is InChI=1S/C5H2F6/c6-1-4(8,9)2-3(7)5(2,10)11/h1H2. The van der Waals surface area contributed by atoms with Crippen LogP contribution >= 0.6 is 0 Å². The van der Waals surface area contributed by atoms with Gasteiger partial charge in [0.05, 0.1) is 0 Å². The van der Waals surface area contributed by atoms with Crippen molar-refractivity contribution in [3.63, 3.8) is 0 Å². The van der Waals surface area contributed by atoms with E-state index in [9.17, 15) is 26.3 Å². The van der Waals surface area contributed by atoms with E-state index in [4.69, 9.17) is 0 Å². The lowest BCUT2D eigenvalue weighted by molar-refractivity contribution is -0.00846. The third-order valence-corrected chi connectivity index (χ3v) is 1.28. The Balaban J connectivity index is 2.81. The number of allylic oxidation sites excluding steroid dienone is 2. The molecule has 6 heteroatoms. The second-order valence-electron chi connectivity index (χ2n) is 2.10. The summed E-state index contributed by atoms with van der Waals surface area (Å²) >= 11 is 0. The maximum atomic E-state index is 11.9. The van der Waals surface area contributed by atoms with Crippen molar-refractivity contribution in [1.29, 1.82) is 0 Å². The van der Waals surface area contributed by atoms with Crippen molar-refractivity contribution < 1.29 is 26.3 Å². The van der Waals surface area contributed by atoms with E-state index in [-0.39, 0.29) is 0 Å². The van der Waals surface area contributed by atoms with Crippen molar-refractivity contribution >= 4 is 0 Å². The first kappa shape index (κ1) is 8.42. The Morgan fingerprint density at radius 2 is 1.64 bits per heavy atom. The molecule has 0 amide bonds. The highest BCUT2D eigenvalue weighted by Crippen LogP contribution is 2.56. The van der Waals surface area contributed by atoms with Crippen LogP contribution in [0.4, 0.5) is 26.3 Å². The third-order valence-electron chi connectivity index (χ3n) is 1.28. The molecular weight excluding hydrogens is 174 g/mol. The zero-order valence-electron chi connectivity index (χ0n) is 4.97. The van der Waals surface area contributed by atoms with Crippen molar-refractivity contribution in [2.75, 3.05) is 6.67 Å². The van der Waals surface area contributed by atoms with Gasteiger partial charge in [0.2, 0.25) is 0 Å². The third kappa shape index (κ3) is 1.00. The van der Waals surface area contributed by atoms with Gasteiger partial charge in [-0.2, -0.15) is 17.6 Å². The minimum Gasteiger partial charge on any atom is -0.244 e. The monoisotopic (exact) mass is 176 g/mol. The van der Waals surface area contributed by atoms with Crippen LogP contribution in [0.3, 0.4) is 0 Å². The molecule has 0 spiro atoms. The van der Waals surface area contributed by atoms with Crippen molar-refractivity contribution in [2.24, 2.45) is 0 Å². The summed E-state index contributed by atoms with van der Waals surface area (Å²) in [4.78, 5) is 0. The van der Waals surface area contributed by atoms with E-state index in [1.807, 2.05) is 0 Å². The Morgan fingerprint density at radius 3 is 1.73 bits per heavy atom. The molecule has 0 saturated heterocycles. The summed E-state index contributed by atoms with van der Waals surface area (Å²) in [6, 6.07) is 0. The minimum absolute atomic E-state index is 2.02. The van der Waals surface area contributed by atoms with Crippen LogP contribution < -0.4 is 0 Å². The lowest BCUT2D eigenvalue weighted by Crippen LogP contribution is -2.21. The van der Waals surface area contributed by atoms with Crippen LogP contribution in [-0.4, -0.2) is 18.5 Å². The van der Waals surface area contributed by atoms with Gasteiger partial charge in [-0.25, -0.2) is 8.78 Å². The number of hydrogen-bond acceptors (Lipinski definition) is 0. The summed E-state index contributed by atoms with van der Waals surface area (Å²) in [6.45, 7) is -2.30. The Hall–Kier alpha value is -0.680. The molecule has 0 nitrogen and oxygen atoms in total. The fourth-order valence-corrected chi connectivity index (χ4v) is 0.666. The van der Waals surface area contributed by atoms with Crippen molar-refractivity contribution in [2.45, 2.75) is 11.8 Å². The highest BCUT2D eigenvalue weighted by molar-refractivity contribution is 5.48. The van der Waals surface area contributed by atoms with Crippen LogP contribution in [-0.2, 0) is 0 Å². The van der Waals surface area contributed by atoms with Crippen molar-refractivity contribution in [3.05, 3.63) is 11.4 Å². The maximum Gasteiger partial charge on any atom is 0.329 e. The quantitative estimate of drug-likeness (QED) is 0.567. The van der Waals surface area contributed by atoms with Gasteiger partial charge in [-0.1, -0.05) is 0 Å². The zero-order chi connectivity index (χ0) is 8.86. The summed E-state index contributed by atoms with van der Waals surface area (Å²) in [6.07, 6.45) is 0.